The van der Waals surface area contributed by atoms with E-state index in [4.69, 9.17) is 4.74 Å². The van der Waals surface area contributed by atoms with Gasteiger partial charge in [0.1, 0.15) is 5.75 Å². The van der Waals surface area contributed by atoms with E-state index in [0.717, 1.165) is 42.6 Å². The molecule has 0 saturated carbocycles. The second-order valence-electron chi connectivity index (χ2n) is 7.32. The summed E-state index contributed by atoms with van der Waals surface area (Å²) in [4.78, 5) is 14.0. The number of carbonyl (C=O) groups excluding carboxylic acids is 1. The lowest BCUT2D eigenvalue weighted by atomic mass is 9.87. The Morgan fingerprint density at radius 2 is 1.84 bits per heavy atom. The Hall–Kier alpha value is -1.23. The van der Waals surface area contributed by atoms with Crippen LogP contribution >= 0.6 is 15.9 Å². The van der Waals surface area contributed by atoms with Gasteiger partial charge in [-0.15, -0.1) is 0 Å². The number of nitrogens with zero attached hydrogens (tertiary/aromatic N) is 1. The number of hydrogen-bond donors (Lipinski definition) is 1. The molecule has 0 heterocycles. The zero-order chi connectivity index (χ0) is 18.9. The minimum absolute atomic E-state index is 0.0272. The number of halogens is 1. The summed E-state index contributed by atoms with van der Waals surface area (Å²) in [6, 6.07) is 6.26. The first-order valence-electron chi connectivity index (χ1n) is 9.25. The molecule has 0 atom stereocenters. The van der Waals surface area contributed by atoms with Gasteiger partial charge in [-0.05, 0) is 58.3 Å². The van der Waals surface area contributed by atoms with Crippen LogP contribution in [0, 0.1) is 0 Å². The SMILES string of the molecule is CCCN(CCC)C(=O)NCCCOc1ccc(C(C)(C)C)cc1Br. The van der Waals surface area contributed by atoms with Crippen molar-refractivity contribution in [2.75, 3.05) is 26.2 Å². The Kier molecular flexibility index (Phi) is 9.33. The standard InChI is InChI=1S/C20H33BrN2O2/c1-6-12-23(13-7-2)19(24)22-11-8-14-25-18-10-9-16(15-17(18)21)20(3,4)5/h9-10,15H,6-8,11-14H2,1-5H3,(H,22,24). The average molecular weight is 413 g/mol. The van der Waals surface area contributed by atoms with Crippen molar-refractivity contribution >= 4 is 22.0 Å². The van der Waals surface area contributed by atoms with Gasteiger partial charge in [0, 0.05) is 19.6 Å². The van der Waals surface area contributed by atoms with Crippen molar-refractivity contribution in [1.82, 2.24) is 10.2 Å². The molecule has 0 aliphatic rings. The smallest absolute Gasteiger partial charge is 0.317 e. The zero-order valence-electron chi connectivity index (χ0n) is 16.3. The molecule has 0 aromatic heterocycles. The average Bonchev–Trinajstić information content (AvgIpc) is 2.54. The molecule has 4 nitrogen and oxygen atoms in total. The molecule has 0 unspecified atom stereocenters. The molecule has 5 heteroatoms. The number of nitrogens with one attached hydrogen (secondary N) is 1. The van der Waals surface area contributed by atoms with Crippen LogP contribution in [0.4, 0.5) is 4.79 Å². The number of amides is 2. The maximum Gasteiger partial charge on any atom is 0.317 e. The summed E-state index contributed by atoms with van der Waals surface area (Å²) in [6.07, 6.45) is 2.75. The van der Waals surface area contributed by atoms with E-state index in [9.17, 15) is 4.79 Å². The summed E-state index contributed by atoms with van der Waals surface area (Å²) in [5, 5.41) is 2.98. The Morgan fingerprint density at radius 3 is 2.36 bits per heavy atom. The predicted molar refractivity (Wildman–Crippen MR) is 109 cm³/mol. The van der Waals surface area contributed by atoms with Crippen LogP contribution in [-0.4, -0.2) is 37.2 Å². The first-order chi connectivity index (χ1) is 11.8. The van der Waals surface area contributed by atoms with Gasteiger partial charge in [-0.3, -0.25) is 0 Å². The molecule has 1 aromatic carbocycles. The highest BCUT2D eigenvalue weighted by molar-refractivity contribution is 9.10. The Labute approximate surface area is 161 Å². The molecule has 0 saturated heterocycles. The Bertz CT molecular complexity index is 535. The molecule has 0 aliphatic carbocycles. The van der Waals surface area contributed by atoms with Gasteiger partial charge in [-0.25, -0.2) is 4.79 Å². The Balaban J connectivity index is 2.37. The van der Waals surface area contributed by atoms with Crippen molar-refractivity contribution in [3.8, 4) is 5.75 Å². The first kappa shape index (κ1) is 21.8. The van der Waals surface area contributed by atoms with E-state index in [-0.39, 0.29) is 11.4 Å². The monoisotopic (exact) mass is 412 g/mol. The molecule has 1 aromatic rings. The van der Waals surface area contributed by atoms with Gasteiger partial charge in [0.05, 0.1) is 11.1 Å². The predicted octanol–water partition coefficient (Wildman–Crippen LogP) is 5.35. The quantitative estimate of drug-likeness (QED) is 0.555. The highest BCUT2D eigenvalue weighted by atomic mass is 79.9. The summed E-state index contributed by atoms with van der Waals surface area (Å²) in [7, 11) is 0. The summed E-state index contributed by atoms with van der Waals surface area (Å²) in [6.45, 7) is 13.6. The normalized spacial score (nSPS) is 11.3. The van der Waals surface area contributed by atoms with Gasteiger partial charge in [-0.2, -0.15) is 0 Å². The molecule has 1 rings (SSSR count). The molecule has 1 N–H and O–H groups in total. The van der Waals surface area contributed by atoms with Crippen LogP contribution in [-0.2, 0) is 5.41 Å². The van der Waals surface area contributed by atoms with Crippen LogP contribution in [0.3, 0.4) is 0 Å². The number of hydrogen-bond acceptors (Lipinski definition) is 2. The third-order valence-electron chi connectivity index (χ3n) is 3.93. The molecule has 0 bridgehead atoms. The molecule has 0 spiro atoms. The number of urea groups is 1. The van der Waals surface area contributed by atoms with E-state index in [1.165, 1.54) is 5.56 Å². The fourth-order valence-electron chi connectivity index (χ4n) is 2.50. The van der Waals surface area contributed by atoms with Crippen molar-refractivity contribution in [3.05, 3.63) is 28.2 Å². The third-order valence-corrected chi connectivity index (χ3v) is 4.55. The topological polar surface area (TPSA) is 41.6 Å². The number of ether oxygens (including phenoxy) is 1. The zero-order valence-corrected chi connectivity index (χ0v) is 17.9. The Morgan fingerprint density at radius 1 is 1.20 bits per heavy atom. The third kappa shape index (κ3) is 7.68. The van der Waals surface area contributed by atoms with Crippen LogP contribution in [0.2, 0.25) is 0 Å². The lowest BCUT2D eigenvalue weighted by Gasteiger charge is -2.22. The van der Waals surface area contributed by atoms with Crippen LogP contribution in [0.1, 0.15) is 59.4 Å². The van der Waals surface area contributed by atoms with Gasteiger partial charge in [0.25, 0.3) is 0 Å². The number of carbonyl (C=O) groups is 1. The fourth-order valence-corrected chi connectivity index (χ4v) is 2.99. The molecule has 0 aliphatic heterocycles. The summed E-state index contributed by atoms with van der Waals surface area (Å²) >= 11 is 3.58. The minimum atomic E-state index is 0.0272. The maximum atomic E-state index is 12.1. The van der Waals surface area contributed by atoms with Crippen molar-refractivity contribution < 1.29 is 9.53 Å². The largest absolute Gasteiger partial charge is 0.492 e. The number of rotatable bonds is 9. The molecule has 0 fully saturated rings. The first-order valence-corrected chi connectivity index (χ1v) is 10.0. The van der Waals surface area contributed by atoms with Crippen LogP contribution in [0.5, 0.6) is 5.75 Å². The molecular formula is C20H33BrN2O2. The summed E-state index contributed by atoms with van der Waals surface area (Å²) in [5.41, 5.74) is 1.39. The molecular weight excluding hydrogens is 380 g/mol. The van der Waals surface area contributed by atoms with Gasteiger partial charge in [-0.1, -0.05) is 40.7 Å². The van der Waals surface area contributed by atoms with E-state index in [2.05, 4.69) is 68.0 Å². The second-order valence-corrected chi connectivity index (χ2v) is 8.17. The second kappa shape index (κ2) is 10.7. The van der Waals surface area contributed by atoms with Crippen molar-refractivity contribution in [2.45, 2.75) is 59.3 Å². The maximum absolute atomic E-state index is 12.1. The number of benzene rings is 1. The van der Waals surface area contributed by atoms with E-state index in [1.807, 2.05) is 11.0 Å². The van der Waals surface area contributed by atoms with Crippen molar-refractivity contribution in [2.24, 2.45) is 0 Å². The minimum Gasteiger partial charge on any atom is -0.492 e. The van der Waals surface area contributed by atoms with Gasteiger partial charge in [0.2, 0.25) is 0 Å². The molecule has 2 amide bonds. The van der Waals surface area contributed by atoms with Crippen LogP contribution < -0.4 is 10.1 Å². The van der Waals surface area contributed by atoms with Gasteiger partial charge < -0.3 is 15.0 Å². The van der Waals surface area contributed by atoms with Gasteiger partial charge in [0.15, 0.2) is 0 Å². The van der Waals surface area contributed by atoms with Crippen LogP contribution in [0.25, 0.3) is 0 Å². The molecule has 25 heavy (non-hydrogen) atoms. The molecule has 0 radical (unpaired) electrons. The summed E-state index contributed by atoms with van der Waals surface area (Å²) in [5.74, 6) is 0.845. The van der Waals surface area contributed by atoms with E-state index in [1.54, 1.807) is 0 Å². The fraction of sp³-hybridized carbons (Fsp3) is 0.650. The molecule has 142 valence electrons. The van der Waals surface area contributed by atoms with E-state index in [0.29, 0.717) is 13.2 Å². The lowest BCUT2D eigenvalue weighted by Crippen LogP contribution is -2.41. The highest BCUT2D eigenvalue weighted by Crippen LogP contribution is 2.31. The van der Waals surface area contributed by atoms with Crippen molar-refractivity contribution in [3.63, 3.8) is 0 Å². The van der Waals surface area contributed by atoms with E-state index < -0.39 is 0 Å². The van der Waals surface area contributed by atoms with Crippen molar-refractivity contribution in [1.29, 1.82) is 0 Å². The van der Waals surface area contributed by atoms with Gasteiger partial charge >= 0.3 is 6.03 Å². The summed E-state index contributed by atoms with van der Waals surface area (Å²) < 4.78 is 6.80. The van der Waals surface area contributed by atoms with E-state index >= 15 is 0 Å². The van der Waals surface area contributed by atoms with Crippen LogP contribution in [0.15, 0.2) is 22.7 Å². The highest BCUT2D eigenvalue weighted by Gasteiger charge is 2.15. The lowest BCUT2D eigenvalue weighted by molar-refractivity contribution is 0.196.